The van der Waals surface area contributed by atoms with Gasteiger partial charge < -0.3 is 9.47 Å². The molecule has 102 valence electrons. The fourth-order valence-electron chi connectivity index (χ4n) is 2.89. The third-order valence-corrected chi connectivity index (χ3v) is 4.57. The van der Waals surface area contributed by atoms with E-state index in [0.717, 1.165) is 28.9 Å². The molecule has 1 saturated heterocycles. The molecule has 1 unspecified atom stereocenters. The number of nitrogens with zero attached hydrogens (tertiary/aromatic N) is 3. The summed E-state index contributed by atoms with van der Waals surface area (Å²) in [5.74, 6) is 2.14. The Hall–Kier alpha value is -0.580. The van der Waals surface area contributed by atoms with E-state index >= 15 is 0 Å². The first-order chi connectivity index (χ1) is 9.17. The number of benzene rings is 1. The summed E-state index contributed by atoms with van der Waals surface area (Å²) in [4.78, 5) is 7.02. The van der Waals surface area contributed by atoms with Gasteiger partial charge in [-0.1, -0.05) is 15.9 Å². The largest absolute Gasteiger partial charge is 0.327 e. The predicted octanol–water partition coefficient (Wildman–Crippen LogP) is 3.49. The monoisotopic (exact) mass is 341 g/mol. The Morgan fingerprint density at radius 1 is 1.47 bits per heavy atom. The van der Waals surface area contributed by atoms with Gasteiger partial charge in [-0.15, -0.1) is 11.6 Å². The molecule has 1 aromatic carbocycles. The summed E-state index contributed by atoms with van der Waals surface area (Å²) in [6, 6.07) is 6.21. The summed E-state index contributed by atoms with van der Waals surface area (Å²) in [5.41, 5.74) is 2.21. The fourth-order valence-corrected chi connectivity index (χ4v) is 3.44. The standard InChI is InChI=1S/C14H17BrClN3/c1-18-5-4-10(8-18)9-19-13-6-11(15)2-3-12(13)17-14(19)7-16/h2-3,6,10H,4-5,7-9H2,1H3. The first kappa shape index (κ1) is 13.4. The molecule has 1 aromatic heterocycles. The average molecular weight is 343 g/mol. The molecule has 0 bridgehead atoms. The van der Waals surface area contributed by atoms with E-state index in [1.54, 1.807) is 0 Å². The van der Waals surface area contributed by atoms with E-state index in [9.17, 15) is 0 Å². The highest BCUT2D eigenvalue weighted by atomic mass is 79.9. The normalized spacial score (nSPS) is 20.5. The van der Waals surface area contributed by atoms with E-state index in [1.807, 2.05) is 12.1 Å². The third kappa shape index (κ3) is 2.67. The van der Waals surface area contributed by atoms with Crippen LogP contribution in [-0.2, 0) is 12.4 Å². The Balaban J connectivity index is 1.98. The Morgan fingerprint density at radius 2 is 2.32 bits per heavy atom. The summed E-state index contributed by atoms with van der Waals surface area (Å²) >= 11 is 9.59. The summed E-state index contributed by atoms with van der Waals surface area (Å²) in [7, 11) is 2.19. The van der Waals surface area contributed by atoms with Crippen LogP contribution in [0.2, 0.25) is 0 Å². The molecule has 5 heteroatoms. The quantitative estimate of drug-likeness (QED) is 0.796. The molecule has 0 N–H and O–H groups in total. The number of fused-ring (bicyclic) bond motifs is 1. The van der Waals surface area contributed by atoms with Crippen LogP contribution >= 0.6 is 27.5 Å². The Bertz CT molecular complexity index is 596. The number of aromatic nitrogens is 2. The van der Waals surface area contributed by atoms with Gasteiger partial charge in [0.25, 0.3) is 0 Å². The van der Waals surface area contributed by atoms with Gasteiger partial charge in [0.1, 0.15) is 5.82 Å². The molecular formula is C14H17BrClN3. The lowest BCUT2D eigenvalue weighted by Gasteiger charge is -2.14. The maximum atomic E-state index is 6.05. The number of hydrogen-bond donors (Lipinski definition) is 0. The molecule has 2 heterocycles. The molecule has 0 spiro atoms. The number of halogens is 2. The number of imidazole rings is 1. The van der Waals surface area contributed by atoms with Gasteiger partial charge in [-0.2, -0.15) is 0 Å². The second kappa shape index (κ2) is 5.43. The minimum Gasteiger partial charge on any atom is -0.327 e. The SMILES string of the molecule is CN1CCC(Cn2c(CCl)nc3ccc(Br)cc32)C1. The molecule has 1 aliphatic rings. The lowest BCUT2D eigenvalue weighted by Crippen LogP contribution is -2.18. The van der Waals surface area contributed by atoms with E-state index in [4.69, 9.17) is 11.6 Å². The highest BCUT2D eigenvalue weighted by Crippen LogP contribution is 2.25. The molecule has 3 nitrogen and oxygen atoms in total. The topological polar surface area (TPSA) is 21.1 Å². The number of likely N-dealkylation sites (tertiary alicyclic amines) is 1. The first-order valence-electron chi connectivity index (χ1n) is 6.56. The lowest BCUT2D eigenvalue weighted by atomic mass is 10.1. The smallest absolute Gasteiger partial charge is 0.124 e. The highest BCUT2D eigenvalue weighted by molar-refractivity contribution is 9.10. The van der Waals surface area contributed by atoms with Gasteiger partial charge in [0.15, 0.2) is 0 Å². The molecule has 1 fully saturated rings. The van der Waals surface area contributed by atoms with Crippen LogP contribution in [0.4, 0.5) is 0 Å². The van der Waals surface area contributed by atoms with Crippen molar-refractivity contribution in [1.82, 2.24) is 14.5 Å². The van der Waals surface area contributed by atoms with Gasteiger partial charge in [-0.05, 0) is 44.1 Å². The highest BCUT2D eigenvalue weighted by Gasteiger charge is 2.22. The molecule has 0 saturated carbocycles. The number of hydrogen-bond acceptors (Lipinski definition) is 2. The Kier molecular flexibility index (Phi) is 3.83. The van der Waals surface area contributed by atoms with Crippen molar-refractivity contribution in [3.8, 4) is 0 Å². The van der Waals surface area contributed by atoms with Gasteiger partial charge in [0, 0.05) is 17.6 Å². The summed E-state index contributed by atoms with van der Waals surface area (Å²) in [6.45, 7) is 3.37. The molecule has 1 aliphatic heterocycles. The van der Waals surface area contributed by atoms with Crippen LogP contribution in [0.15, 0.2) is 22.7 Å². The van der Waals surface area contributed by atoms with E-state index in [1.165, 1.54) is 18.5 Å². The molecule has 0 radical (unpaired) electrons. The van der Waals surface area contributed by atoms with E-state index in [0.29, 0.717) is 11.8 Å². The molecule has 0 aliphatic carbocycles. The van der Waals surface area contributed by atoms with Crippen molar-refractivity contribution in [3.63, 3.8) is 0 Å². The van der Waals surface area contributed by atoms with Crippen LogP contribution < -0.4 is 0 Å². The molecule has 2 aromatic rings. The minimum atomic E-state index is 0.467. The van der Waals surface area contributed by atoms with Crippen LogP contribution in [0, 0.1) is 5.92 Å². The van der Waals surface area contributed by atoms with Gasteiger partial charge >= 0.3 is 0 Å². The van der Waals surface area contributed by atoms with Crippen molar-refractivity contribution in [2.24, 2.45) is 5.92 Å². The van der Waals surface area contributed by atoms with Gasteiger partial charge in [0.2, 0.25) is 0 Å². The molecule has 3 rings (SSSR count). The summed E-state index contributed by atoms with van der Waals surface area (Å²) in [6.07, 6.45) is 1.26. The van der Waals surface area contributed by atoms with Crippen molar-refractivity contribution in [2.45, 2.75) is 18.8 Å². The van der Waals surface area contributed by atoms with Gasteiger partial charge in [-0.25, -0.2) is 4.98 Å². The third-order valence-electron chi connectivity index (χ3n) is 3.84. The second-order valence-corrected chi connectivity index (χ2v) is 6.51. The van der Waals surface area contributed by atoms with Crippen LogP contribution in [0.25, 0.3) is 11.0 Å². The Morgan fingerprint density at radius 3 is 3.00 bits per heavy atom. The van der Waals surface area contributed by atoms with Crippen molar-refractivity contribution < 1.29 is 0 Å². The van der Waals surface area contributed by atoms with Crippen LogP contribution in [0.1, 0.15) is 12.2 Å². The number of alkyl halides is 1. The maximum absolute atomic E-state index is 6.05. The molecule has 0 amide bonds. The fraction of sp³-hybridized carbons (Fsp3) is 0.500. The van der Waals surface area contributed by atoms with E-state index in [-0.39, 0.29) is 0 Å². The minimum absolute atomic E-state index is 0.467. The maximum Gasteiger partial charge on any atom is 0.124 e. The summed E-state index contributed by atoms with van der Waals surface area (Å²) < 4.78 is 3.38. The van der Waals surface area contributed by atoms with Crippen molar-refractivity contribution in [1.29, 1.82) is 0 Å². The summed E-state index contributed by atoms with van der Waals surface area (Å²) in [5, 5.41) is 0. The molecular weight excluding hydrogens is 326 g/mol. The van der Waals surface area contributed by atoms with Crippen molar-refractivity contribution in [3.05, 3.63) is 28.5 Å². The van der Waals surface area contributed by atoms with Crippen molar-refractivity contribution in [2.75, 3.05) is 20.1 Å². The van der Waals surface area contributed by atoms with Crippen LogP contribution in [-0.4, -0.2) is 34.6 Å². The van der Waals surface area contributed by atoms with Gasteiger partial charge in [-0.3, -0.25) is 0 Å². The van der Waals surface area contributed by atoms with Crippen LogP contribution in [0.3, 0.4) is 0 Å². The second-order valence-electron chi connectivity index (χ2n) is 5.32. The van der Waals surface area contributed by atoms with E-state index in [2.05, 4.69) is 43.5 Å². The first-order valence-corrected chi connectivity index (χ1v) is 7.89. The molecule has 19 heavy (non-hydrogen) atoms. The zero-order valence-electron chi connectivity index (χ0n) is 10.9. The average Bonchev–Trinajstić information content (AvgIpc) is 2.94. The predicted molar refractivity (Wildman–Crippen MR) is 82.6 cm³/mol. The zero-order valence-corrected chi connectivity index (χ0v) is 13.3. The lowest BCUT2D eigenvalue weighted by molar-refractivity contribution is 0.378. The van der Waals surface area contributed by atoms with Gasteiger partial charge in [0.05, 0.1) is 16.9 Å². The molecule has 1 atom stereocenters. The van der Waals surface area contributed by atoms with E-state index < -0.39 is 0 Å². The van der Waals surface area contributed by atoms with Crippen molar-refractivity contribution >= 4 is 38.6 Å². The Labute approximate surface area is 126 Å². The number of rotatable bonds is 3. The van der Waals surface area contributed by atoms with Crippen LogP contribution in [0.5, 0.6) is 0 Å². The zero-order chi connectivity index (χ0) is 13.4.